The number of fused-ring (bicyclic) bond motifs is 1. The molecule has 0 saturated heterocycles. The highest BCUT2D eigenvalue weighted by Crippen LogP contribution is 2.21. The fourth-order valence-electron chi connectivity index (χ4n) is 2.16. The third-order valence-corrected chi connectivity index (χ3v) is 4.46. The zero-order valence-electron chi connectivity index (χ0n) is 11.4. The lowest BCUT2D eigenvalue weighted by molar-refractivity contribution is 0.425. The standard InChI is InChI=1S/C13H15N5OS/c1-3-10-4-11-12(20-10)15-8-18(13(11)19)9(2)5-17-7-14-6-16-17/h4,6-9H,3,5H2,1-2H3. The van der Waals surface area contributed by atoms with E-state index in [-0.39, 0.29) is 11.6 Å². The predicted octanol–water partition coefficient (Wildman–Crippen LogP) is 1.87. The molecule has 6 nitrogen and oxygen atoms in total. The highest BCUT2D eigenvalue weighted by atomic mass is 32.1. The summed E-state index contributed by atoms with van der Waals surface area (Å²) in [5.74, 6) is 0. The first-order valence-electron chi connectivity index (χ1n) is 6.51. The summed E-state index contributed by atoms with van der Waals surface area (Å²) in [5.41, 5.74) is 0.0126. The van der Waals surface area contributed by atoms with Gasteiger partial charge in [-0.05, 0) is 19.4 Å². The Kier molecular flexibility index (Phi) is 3.35. The van der Waals surface area contributed by atoms with Crippen molar-refractivity contribution in [1.29, 1.82) is 0 Å². The molecule has 0 N–H and O–H groups in total. The lowest BCUT2D eigenvalue weighted by atomic mass is 10.3. The largest absolute Gasteiger partial charge is 0.294 e. The molecule has 7 heteroatoms. The normalized spacial score (nSPS) is 12.9. The van der Waals surface area contributed by atoms with E-state index < -0.39 is 0 Å². The van der Waals surface area contributed by atoms with Crippen LogP contribution in [0.1, 0.15) is 24.8 Å². The molecule has 20 heavy (non-hydrogen) atoms. The third kappa shape index (κ3) is 2.24. The molecule has 3 aromatic rings. The number of aromatic nitrogens is 5. The Morgan fingerprint density at radius 1 is 1.40 bits per heavy atom. The van der Waals surface area contributed by atoms with Crippen LogP contribution in [0, 0.1) is 0 Å². The minimum absolute atomic E-state index is 0.0126. The van der Waals surface area contributed by atoms with Crippen molar-refractivity contribution in [3.63, 3.8) is 0 Å². The molecular formula is C13H15N5OS. The van der Waals surface area contributed by atoms with Crippen molar-refractivity contribution in [2.45, 2.75) is 32.9 Å². The summed E-state index contributed by atoms with van der Waals surface area (Å²) in [6, 6.07) is 1.93. The molecular weight excluding hydrogens is 274 g/mol. The summed E-state index contributed by atoms with van der Waals surface area (Å²) in [4.78, 5) is 22.8. The molecule has 0 fully saturated rings. The first kappa shape index (κ1) is 13.0. The minimum Gasteiger partial charge on any atom is -0.294 e. The second-order valence-corrected chi connectivity index (χ2v) is 5.82. The zero-order chi connectivity index (χ0) is 14.1. The van der Waals surface area contributed by atoms with Crippen LogP contribution in [0.15, 0.2) is 29.8 Å². The molecule has 3 aromatic heterocycles. The summed E-state index contributed by atoms with van der Waals surface area (Å²) >= 11 is 1.59. The summed E-state index contributed by atoms with van der Waals surface area (Å²) in [6.45, 7) is 4.65. The first-order chi connectivity index (χ1) is 9.69. The average molecular weight is 289 g/mol. The van der Waals surface area contributed by atoms with Crippen molar-refractivity contribution in [2.75, 3.05) is 0 Å². The van der Waals surface area contributed by atoms with Crippen LogP contribution in [0.5, 0.6) is 0 Å². The quantitative estimate of drug-likeness (QED) is 0.735. The highest BCUT2D eigenvalue weighted by molar-refractivity contribution is 7.18. The molecule has 104 valence electrons. The molecule has 1 atom stereocenters. The molecule has 0 aliphatic carbocycles. The number of hydrogen-bond donors (Lipinski definition) is 0. The van der Waals surface area contributed by atoms with Gasteiger partial charge in [-0.3, -0.25) is 14.0 Å². The highest BCUT2D eigenvalue weighted by Gasteiger charge is 2.13. The zero-order valence-corrected chi connectivity index (χ0v) is 12.2. The van der Waals surface area contributed by atoms with E-state index in [0.717, 1.165) is 11.3 Å². The molecule has 0 amide bonds. The number of thiophene rings is 1. The van der Waals surface area contributed by atoms with E-state index in [2.05, 4.69) is 22.0 Å². The Bertz CT molecular complexity index is 774. The maximum absolute atomic E-state index is 12.5. The van der Waals surface area contributed by atoms with Crippen molar-refractivity contribution in [3.8, 4) is 0 Å². The van der Waals surface area contributed by atoms with Gasteiger partial charge in [0, 0.05) is 4.88 Å². The Labute approximate surface area is 119 Å². The van der Waals surface area contributed by atoms with E-state index in [1.807, 2.05) is 13.0 Å². The Morgan fingerprint density at radius 3 is 2.95 bits per heavy atom. The average Bonchev–Trinajstić information content (AvgIpc) is 3.07. The van der Waals surface area contributed by atoms with Gasteiger partial charge in [0.1, 0.15) is 17.5 Å². The molecule has 3 heterocycles. The van der Waals surface area contributed by atoms with Crippen LogP contribution in [0.2, 0.25) is 0 Å². The van der Waals surface area contributed by atoms with Crippen LogP contribution >= 0.6 is 11.3 Å². The van der Waals surface area contributed by atoms with E-state index in [4.69, 9.17) is 0 Å². The van der Waals surface area contributed by atoms with Crippen molar-refractivity contribution in [3.05, 3.63) is 40.3 Å². The van der Waals surface area contributed by atoms with Gasteiger partial charge in [0.15, 0.2) is 0 Å². The summed E-state index contributed by atoms with van der Waals surface area (Å²) in [6.07, 6.45) is 5.69. The molecule has 0 aliphatic heterocycles. The van der Waals surface area contributed by atoms with Gasteiger partial charge in [-0.1, -0.05) is 6.92 Å². The molecule has 0 saturated carbocycles. The van der Waals surface area contributed by atoms with Crippen molar-refractivity contribution < 1.29 is 0 Å². The number of aryl methyl sites for hydroxylation is 1. The topological polar surface area (TPSA) is 65.6 Å². The summed E-state index contributed by atoms with van der Waals surface area (Å²) in [7, 11) is 0. The molecule has 0 spiro atoms. The fourth-order valence-corrected chi connectivity index (χ4v) is 3.09. The van der Waals surface area contributed by atoms with Crippen LogP contribution in [0.25, 0.3) is 10.2 Å². The van der Waals surface area contributed by atoms with E-state index in [0.29, 0.717) is 11.9 Å². The second kappa shape index (κ2) is 5.16. The third-order valence-electron chi connectivity index (χ3n) is 3.27. The van der Waals surface area contributed by atoms with Gasteiger partial charge in [0.2, 0.25) is 0 Å². The Hall–Kier alpha value is -2.02. The van der Waals surface area contributed by atoms with Crippen molar-refractivity contribution in [1.82, 2.24) is 24.3 Å². The fraction of sp³-hybridized carbons (Fsp3) is 0.385. The van der Waals surface area contributed by atoms with Gasteiger partial charge in [0.25, 0.3) is 5.56 Å². The van der Waals surface area contributed by atoms with Gasteiger partial charge in [-0.15, -0.1) is 11.3 Å². The lowest BCUT2D eigenvalue weighted by Crippen LogP contribution is -2.26. The monoisotopic (exact) mass is 289 g/mol. The number of hydrogen-bond acceptors (Lipinski definition) is 5. The first-order valence-corrected chi connectivity index (χ1v) is 7.32. The van der Waals surface area contributed by atoms with Gasteiger partial charge in [0.05, 0.1) is 24.3 Å². The Balaban J connectivity index is 1.99. The lowest BCUT2D eigenvalue weighted by Gasteiger charge is -2.14. The minimum atomic E-state index is -0.0222. The van der Waals surface area contributed by atoms with E-state index in [9.17, 15) is 4.79 Å². The number of nitrogens with zero attached hydrogens (tertiary/aromatic N) is 5. The summed E-state index contributed by atoms with van der Waals surface area (Å²) < 4.78 is 3.38. The Morgan fingerprint density at radius 2 is 2.25 bits per heavy atom. The van der Waals surface area contributed by atoms with Gasteiger partial charge < -0.3 is 0 Å². The van der Waals surface area contributed by atoms with Crippen LogP contribution in [0.3, 0.4) is 0 Å². The second-order valence-electron chi connectivity index (χ2n) is 4.71. The van der Waals surface area contributed by atoms with Crippen LogP contribution in [-0.4, -0.2) is 24.3 Å². The van der Waals surface area contributed by atoms with Crippen LogP contribution in [0.4, 0.5) is 0 Å². The predicted molar refractivity (Wildman–Crippen MR) is 78.0 cm³/mol. The maximum atomic E-state index is 12.5. The smallest absolute Gasteiger partial charge is 0.262 e. The van der Waals surface area contributed by atoms with Gasteiger partial charge >= 0.3 is 0 Å². The van der Waals surface area contributed by atoms with Gasteiger partial charge in [-0.25, -0.2) is 9.97 Å². The molecule has 0 bridgehead atoms. The van der Waals surface area contributed by atoms with Gasteiger partial charge in [-0.2, -0.15) is 5.10 Å². The van der Waals surface area contributed by atoms with Crippen molar-refractivity contribution in [2.24, 2.45) is 0 Å². The van der Waals surface area contributed by atoms with E-state index in [1.165, 1.54) is 11.2 Å². The van der Waals surface area contributed by atoms with Crippen molar-refractivity contribution >= 4 is 21.6 Å². The maximum Gasteiger partial charge on any atom is 0.262 e. The molecule has 0 aromatic carbocycles. The van der Waals surface area contributed by atoms with Crippen LogP contribution < -0.4 is 5.56 Å². The summed E-state index contributed by atoms with van der Waals surface area (Å²) in [5, 5.41) is 4.77. The molecule has 0 radical (unpaired) electrons. The number of rotatable bonds is 4. The van der Waals surface area contributed by atoms with Crippen LogP contribution in [-0.2, 0) is 13.0 Å². The molecule has 0 aliphatic rings. The van der Waals surface area contributed by atoms with E-state index in [1.54, 1.807) is 33.2 Å². The molecule has 3 rings (SSSR count). The SMILES string of the molecule is CCc1cc2c(=O)n(C(C)Cn3cncn3)cnc2s1. The molecule has 1 unspecified atom stereocenters. The van der Waals surface area contributed by atoms with E-state index >= 15 is 0 Å².